The van der Waals surface area contributed by atoms with Crippen LogP contribution in [0.15, 0.2) is 50.7 Å². The Morgan fingerprint density at radius 3 is 2.86 bits per heavy atom. The monoisotopic (exact) mass is 395 g/mol. The van der Waals surface area contributed by atoms with E-state index in [1.807, 2.05) is 6.92 Å². The third-order valence-corrected chi connectivity index (χ3v) is 4.80. The molecule has 150 valence electrons. The molecule has 1 saturated carbocycles. The first-order valence-electron chi connectivity index (χ1n) is 9.61. The number of amides is 1. The van der Waals surface area contributed by atoms with E-state index in [0.29, 0.717) is 29.2 Å². The van der Waals surface area contributed by atoms with Crippen molar-refractivity contribution in [2.45, 2.75) is 32.2 Å². The number of ether oxygens (including phenoxy) is 1. The first-order chi connectivity index (χ1) is 14.1. The highest BCUT2D eigenvalue weighted by atomic mass is 16.5. The molecule has 1 aromatic carbocycles. The van der Waals surface area contributed by atoms with Gasteiger partial charge in [-0.05, 0) is 31.9 Å². The molecule has 8 heteroatoms. The Hall–Kier alpha value is -3.42. The minimum Gasteiger partial charge on any atom is -0.490 e. The molecule has 1 aliphatic rings. The molecule has 1 amide bonds. The number of para-hydroxylation sites is 1. The van der Waals surface area contributed by atoms with E-state index in [4.69, 9.17) is 9.15 Å². The first kappa shape index (κ1) is 18.9. The van der Waals surface area contributed by atoms with Crippen LogP contribution in [-0.2, 0) is 6.54 Å². The fourth-order valence-corrected chi connectivity index (χ4v) is 3.14. The molecule has 2 heterocycles. The third kappa shape index (κ3) is 4.06. The van der Waals surface area contributed by atoms with Crippen molar-refractivity contribution in [3.63, 3.8) is 0 Å². The zero-order valence-corrected chi connectivity index (χ0v) is 16.0. The molecule has 0 atom stereocenters. The lowest BCUT2D eigenvalue weighted by Crippen LogP contribution is -2.33. The summed E-state index contributed by atoms with van der Waals surface area (Å²) < 4.78 is 12.2. The number of fused-ring (bicyclic) bond motifs is 1. The summed E-state index contributed by atoms with van der Waals surface area (Å²) in [5.74, 6) is 0.307. The van der Waals surface area contributed by atoms with Gasteiger partial charge in [-0.1, -0.05) is 12.1 Å². The van der Waals surface area contributed by atoms with Gasteiger partial charge in [-0.15, -0.1) is 0 Å². The van der Waals surface area contributed by atoms with Gasteiger partial charge < -0.3 is 14.5 Å². The van der Waals surface area contributed by atoms with E-state index in [9.17, 15) is 14.4 Å². The second-order valence-electron chi connectivity index (χ2n) is 6.93. The molecule has 2 aromatic heterocycles. The number of hydrogen-bond donors (Lipinski definition) is 1. The van der Waals surface area contributed by atoms with E-state index in [1.54, 1.807) is 24.3 Å². The standard InChI is InChI=1S/C21H21N3O5/c1-2-28-17-5-3-4-14-10-15(21(27)29-19(14)17)20(26)22-8-9-24-12-23-16(11-18(24)25)13-6-7-13/h3-5,10-13H,2,6-9H2,1H3,(H,22,26). The maximum Gasteiger partial charge on any atom is 0.349 e. The highest BCUT2D eigenvalue weighted by Crippen LogP contribution is 2.38. The second-order valence-corrected chi connectivity index (χ2v) is 6.93. The van der Waals surface area contributed by atoms with E-state index < -0.39 is 11.5 Å². The van der Waals surface area contributed by atoms with Gasteiger partial charge >= 0.3 is 5.63 Å². The Kier molecular flexibility index (Phi) is 5.16. The Labute approximate surface area is 166 Å². The number of hydrogen-bond acceptors (Lipinski definition) is 6. The van der Waals surface area contributed by atoms with Crippen molar-refractivity contribution in [3.8, 4) is 5.75 Å². The Balaban J connectivity index is 1.46. The molecule has 1 N–H and O–H groups in total. The molecule has 0 aliphatic heterocycles. The number of aromatic nitrogens is 2. The maximum atomic E-state index is 12.4. The maximum absolute atomic E-state index is 12.4. The van der Waals surface area contributed by atoms with E-state index in [2.05, 4.69) is 10.3 Å². The molecule has 8 nitrogen and oxygen atoms in total. The van der Waals surface area contributed by atoms with Crippen LogP contribution in [0.1, 0.15) is 41.7 Å². The van der Waals surface area contributed by atoms with Gasteiger partial charge in [-0.25, -0.2) is 9.78 Å². The average Bonchev–Trinajstić information content (AvgIpc) is 3.54. The van der Waals surface area contributed by atoms with Gasteiger partial charge in [0.2, 0.25) is 0 Å². The van der Waals surface area contributed by atoms with E-state index in [1.165, 1.54) is 17.0 Å². The van der Waals surface area contributed by atoms with Crippen LogP contribution in [0.2, 0.25) is 0 Å². The molecule has 4 rings (SSSR count). The van der Waals surface area contributed by atoms with Crippen LogP contribution in [0.25, 0.3) is 11.0 Å². The number of carbonyl (C=O) groups excluding carboxylic acids is 1. The molecule has 0 radical (unpaired) electrons. The number of nitrogens with zero attached hydrogens (tertiary/aromatic N) is 2. The van der Waals surface area contributed by atoms with Crippen LogP contribution in [0.3, 0.4) is 0 Å². The molecular formula is C21H21N3O5. The smallest absolute Gasteiger partial charge is 0.349 e. The zero-order chi connectivity index (χ0) is 20.4. The molecule has 0 bridgehead atoms. The van der Waals surface area contributed by atoms with E-state index in [-0.39, 0.29) is 24.2 Å². The largest absolute Gasteiger partial charge is 0.490 e. The van der Waals surface area contributed by atoms with Crippen LogP contribution >= 0.6 is 0 Å². The van der Waals surface area contributed by atoms with Crippen molar-refractivity contribution in [2.24, 2.45) is 0 Å². The average molecular weight is 395 g/mol. The fourth-order valence-electron chi connectivity index (χ4n) is 3.14. The summed E-state index contributed by atoms with van der Waals surface area (Å²) in [6.07, 6.45) is 3.65. The molecule has 0 unspecified atom stereocenters. The number of rotatable bonds is 7. The summed E-state index contributed by atoms with van der Waals surface area (Å²) in [6.45, 7) is 2.70. The van der Waals surface area contributed by atoms with E-state index >= 15 is 0 Å². The van der Waals surface area contributed by atoms with Crippen molar-refractivity contribution in [1.29, 1.82) is 0 Å². The van der Waals surface area contributed by atoms with Gasteiger partial charge in [0.1, 0.15) is 5.56 Å². The second kappa shape index (κ2) is 7.90. The van der Waals surface area contributed by atoms with Crippen LogP contribution in [-0.4, -0.2) is 28.6 Å². The molecular weight excluding hydrogens is 374 g/mol. The lowest BCUT2D eigenvalue weighted by atomic mass is 10.1. The van der Waals surface area contributed by atoms with Crippen molar-refractivity contribution in [2.75, 3.05) is 13.2 Å². The highest BCUT2D eigenvalue weighted by Gasteiger charge is 2.25. The third-order valence-electron chi connectivity index (χ3n) is 4.80. The zero-order valence-electron chi connectivity index (χ0n) is 16.0. The van der Waals surface area contributed by atoms with Crippen LogP contribution in [0, 0.1) is 0 Å². The Morgan fingerprint density at radius 2 is 2.14 bits per heavy atom. The van der Waals surface area contributed by atoms with Crippen LogP contribution in [0.4, 0.5) is 0 Å². The Morgan fingerprint density at radius 1 is 1.31 bits per heavy atom. The molecule has 29 heavy (non-hydrogen) atoms. The van der Waals surface area contributed by atoms with Crippen LogP contribution < -0.4 is 21.2 Å². The number of carbonyl (C=O) groups is 1. The predicted octanol–water partition coefficient (Wildman–Crippen LogP) is 2.06. The summed E-state index contributed by atoms with van der Waals surface area (Å²) in [5.41, 5.74) is 0.153. The summed E-state index contributed by atoms with van der Waals surface area (Å²) in [7, 11) is 0. The van der Waals surface area contributed by atoms with Gasteiger partial charge in [0, 0.05) is 30.5 Å². The summed E-state index contributed by atoms with van der Waals surface area (Å²) >= 11 is 0. The number of benzene rings is 1. The van der Waals surface area contributed by atoms with Crippen LogP contribution in [0.5, 0.6) is 5.75 Å². The SMILES string of the molecule is CCOc1cccc2cc(C(=O)NCCn3cnc(C4CC4)cc3=O)c(=O)oc12. The summed E-state index contributed by atoms with van der Waals surface area (Å²) in [5, 5.41) is 3.25. The van der Waals surface area contributed by atoms with Crippen molar-refractivity contribution in [3.05, 3.63) is 68.7 Å². The first-order valence-corrected chi connectivity index (χ1v) is 9.61. The normalized spacial score (nSPS) is 13.4. The van der Waals surface area contributed by atoms with Gasteiger partial charge in [0.25, 0.3) is 11.5 Å². The molecule has 0 spiro atoms. The minimum absolute atomic E-state index is 0.0966. The molecule has 3 aromatic rings. The van der Waals surface area contributed by atoms with Gasteiger partial charge in [0.05, 0.1) is 18.6 Å². The minimum atomic E-state index is -0.741. The van der Waals surface area contributed by atoms with Crippen molar-refractivity contribution >= 4 is 16.9 Å². The van der Waals surface area contributed by atoms with Gasteiger partial charge in [-0.2, -0.15) is 0 Å². The van der Waals surface area contributed by atoms with Crippen molar-refractivity contribution in [1.82, 2.24) is 14.9 Å². The molecule has 1 fully saturated rings. The fraction of sp³-hybridized carbons (Fsp3) is 0.333. The topological polar surface area (TPSA) is 103 Å². The lowest BCUT2D eigenvalue weighted by Gasteiger charge is -2.09. The molecule has 0 saturated heterocycles. The van der Waals surface area contributed by atoms with E-state index in [0.717, 1.165) is 18.5 Å². The lowest BCUT2D eigenvalue weighted by molar-refractivity contribution is 0.0948. The van der Waals surface area contributed by atoms with Gasteiger partial charge in [-0.3, -0.25) is 14.2 Å². The Bertz CT molecular complexity index is 1180. The quantitative estimate of drug-likeness (QED) is 0.614. The van der Waals surface area contributed by atoms with Crippen molar-refractivity contribution < 1.29 is 13.9 Å². The molecule has 1 aliphatic carbocycles. The number of nitrogens with one attached hydrogen (secondary N) is 1. The predicted molar refractivity (Wildman–Crippen MR) is 106 cm³/mol. The van der Waals surface area contributed by atoms with Gasteiger partial charge in [0.15, 0.2) is 11.3 Å². The summed E-state index contributed by atoms with van der Waals surface area (Å²) in [4.78, 5) is 41.2. The summed E-state index contributed by atoms with van der Waals surface area (Å²) in [6, 6.07) is 8.24. The highest BCUT2D eigenvalue weighted by molar-refractivity contribution is 5.97.